The Bertz CT molecular complexity index is 1540. The van der Waals surface area contributed by atoms with Gasteiger partial charge in [0.1, 0.15) is 11.4 Å². The number of imidazole rings is 1. The Labute approximate surface area is 207 Å². The molecule has 0 amide bonds. The van der Waals surface area contributed by atoms with Gasteiger partial charge in [-0.15, -0.1) is 10.2 Å². The summed E-state index contributed by atoms with van der Waals surface area (Å²) in [7, 11) is 1.46. The number of halogens is 1. The van der Waals surface area contributed by atoms with Crippen LogP contribution in [0.25, 0.3) is 28.2 Å². The second-order valence-corrected chi connectivity index (χ2v) is 8.38. The van der Waals surface area contributed by atoms with Crippen molar-refractivity contribution in [1.29, 1.82) is 0 Å². The summed E-state index contributed by atoms with van der Waals surface area (Å²) in [6, 6.07) is 20.4. The quantitative estimate of drug-likeness (QED) is 0.347. The number of rotatable bonds is 8. The van der Waals surface area contributed by atoms with E-state index in [-0.39, 0.29) is 11.4 Å². The SMILES string of the molecule is CCCc1cn(-c2c(F)cccc2OC)c(=O)n1Cc1ccc(-c2ccccc2)c(-c2nn[nH]n2)c1. The molecule has 3 aromatic carbocycles. The average molecular weight is 485 g/mol. The van der Waals surface area contributed by atoms with E-state index in [0.717, 1.165) is 34.4 Å². The first-order valence-electron chi connectivity index (χ1n) is 11.7. The van der Waals surface area contributed by atoms with Gasteiger partial charge >= 0.3 is 5.69 Å². The van der Waals surface area contributed by atoms with Crippen LogP contribution in [-0.4, -0.2) is 36.9 Å². The van der Waals surface area contributed by atoms with Crippen LogP contribution in [0.3, 0.4) is 0 Å². The maximum atomic E-state index is 14.8. The first kappa shape index (κ1) is 23.2. The Balaban J connectivity index is 1.61. The Morgan fingerprint density at radius 2 is 1.86 bits per heavy atom. The van der Waals surface area contributed by atoms with Crippen molar-refractivity contribution >= 4 is 0 Å². The summed E-state index contributed by atoms with van der Waals surface area (Å²) in [5.74, 6) is 0.234. The normalized spacial score (nSPS) is 11.1. The molecule has 0 unspecified atom stereocenters. The van der Waals surface area contributed by atoms with Crippen LogP contribution < -0.4 is 10.4 Å². The van der Waals surface area contributed by atoms with Crippen LogP contribution in [0.15, 0.2) is 77.7 Å². The number of tetrazole rings is 1. The third-order valence-electron chi connectivity index (χ3n) is 6.07. The molecule has 36 heavy (non-hydrogen) atoms. The fourth-order valence-corrected chi connectivity index (χ4v) is 4.41. The highest BCUT2D eigenvalue weighted by atomic mass is 19.1. The van der Waals surface area contributed by atoms with Gasteiger partial charge in [-0.25, -0.2) is 9.18 Å². The zero-order chi connectivity index (χ0) is 25.1. The Hall–Kier alpha value is -4.53. The number of nitrogens with one attached hydrogen (secondary N) is 1. The zero-order valence-corrected chi connectivity index (χ0v) is 20.0. The Morgan fingerprint density at radius 1 is 1.03 bits per heavy atom. The van der Waals surface area contributed by atoms with Gasteiger partial charge in [0.15, 0.2) is 5.82 Å². The third-order valence-corrected chi connectivity index (χ3v) is 6.07. The molecule has 2 aromatic heterocycles. The lowest BCUT2D eigenvalue weighted by molar-refractivity contribution is 0.408. The van der Waals surface area contributed by atoms with Gasteiger partial charge in [0.05, 0.1) is 13.7 Å². The fourth-order valence-electron chi connectivity index (χ4n) is 4.41. The zero-order valence-electron chi connectivity index (χ0n) is 20.0. The topological polar surface area (TPSA) is 90.6 Å². The summed E-state index contributed by atoms with van der Waals surface area (Å²) in [5, 5.41) is 14.6. The molecule has 182 valence electrons. The van der Waals surface area contributed by atoms with Crippen molar-refractivity contribution in [3.05, 3.63) is 100 Å². The average Bonchev–Trinajstić information content (AvgIpc) is 3.54. The van der Waals surface area contributed by atoms with E-state index in [1.807, 2.05) is 55.5 Å². The largest absolute Gasteiger partial charge is 0.494 e. The van der Waals surface area contributed by atoms with E-state index in [0.29, 0.717) is 24.5 Å². The molecule has 0 saturated carbocycles. The van der Waals surface area contributed by atoms with Crippen LogP contribution in [0.2, 0.25) is 0 Å². The molecule has 0 aliphatic rings. The lowest BCUT2D eigenvalue weighted by Crippen LogP contribution is -2.25. The first-order valence-corrected chi connectivity index (χ1v) is 11.7. The minimum absolute atomic E-state index is 0.105. The lowest BCUT2D eigenvalue weighted by Gasteiger charge is -2.12. The molecule has 0 fully saturated rings. The highest BCUT2D eigenvalue weighted by molar-refractivity contribution is 5.80. The van der Waals surface area contributed by atoms with Gasteiger partial charge in [-0.2, -0.15) is 5.21 Å². The van der Waals surface area contributed by atoms with Crippen LogP contribution in [0.5, 0.6) is 5.75 Å². The number of aromatic nitrogens is 6. The van der Waals surface area contributed by atoms with Crippen molar-refractivity contribution in [2.75, 3.05) is 7.11 Å². The van der Waals surface area contributed by atoms with Crippen LogP contribution in [-0.2, 0) is 13.0 Å². The third kappa shape index (κ3) is 4.31. The van der Waals surface area contributed by atoms with Crippen molar-refractivity contribution in [3.8, 4) is 34.0 Å². The van der Waals surface area contributed by atoms with Gasteiger partial charge in [-0.1, -0.05) is 61.9 Å². The fraction of sp³-hybridized carbons (Fsp3) is 0.185. The minimum Gasteiger partial charge on any atom is -0.494 e. The number of hydrogen-bond acceptors (Lipinski definition) is 5. The number of para-hydroxylation sites is 1. The molecular formula is C27H25FN6O2. The molecule has 0 bridgehead atoms. The highest BCUT2D eigenvalue weighted by Crippen LogP contribution is 2.31. The molecule has 1 N–H and O–H groups in total. The minimum atomic E-state index is -0.525. The number of hydrogen-bond donors (Lipinski definition) is 1. The summed E-state index contributed by atoms with van der Waals surface area (Å²) in [6.07, 6.45) is 3.20. The van der Waals surface area contributed by atoms with Gasteiger partial charge in [0.2, 0.25) is 5.82 Å². The van der Waals surface area contributed by atoms with Crippen LogP contribution in [0.4, 0.5) is 4.39 Å². The van der Waals surface area contributed by atoms with E-state index >= 15 is 0 Å². The molecule has 2 heterocycles. The molecule has 0 spiro atoms. The number of nitrogens with zero attached hydrogens (tertiary/aromatic N) is 5. The predicted molar refractivity (Wildman–Crippen MR) is 135 cm³/mol. The molecule has 8 nitrogen and oxygen atoms in total. The van der Waals surface area contributed by atoms with Gasteiger partial charge in [0, 0.05) is 17.5 Å². The Kier molecular flexibility index (Phi) is 6.44. The van der Waals surface area contributed by atoms with Crippen LogP contribution in [0, 0.1) is 5.82 Å². The Morgan fingerprint density at radius 3 is 2.58 bits per heavy atom. The molecule has 0 aliphatic heterocycles. The van der Waals surface area contributed by atoms with Crippen molar-refractivity contribution in [2.24, 2.45) is 0 Å². The number of aryl methyl sites for hydroxylation is 1. The number of H-pyrrole nitrogens is 1. The monoisotopic (exact) mass is 484 g/mol. The standard InChI is InChI=1S/C27H25FN6O2/c1-3-8-20-17-34(25-23(28)11-7-12-24(25)36-2)27(35)33(20)16-18-13-14-21(19-9-5-4-6-10-19)22(15-18)26-29-31-32-30-26/h4-7,9-15,17H,3,8,16H2,1-2H3,(H,29,30,31,32). The van der Waals surface area contributed by atoms with E-state index in [9.17, 15) is 9.18 Å². The number of ether oxygens (including phenoxy) is 1. The smallest absolute Gasteiger partial charge is 0.333 e. The summed E-state index contributed by atoms with van der Waals surface area (Å²) >= 11 is 0. The van der Waals surface area contributed by atoms with E-state index < -0.39 is 5.82 Å². The van der Waals surface area contributed by atoms with E-state index in [4.69, 9.17) is 4.74 Å². The molecule has 5 aromatic rings. The first-order chi connectivity index (χ1) is 17.6. The van der Waals surface area contributed by atoms with Crippen molar-refractivity contribution < 1.29 is 9.13 Å². The molecule has 0 saturated heterocycles. The number of methoxy groups -OCH3 is 1. The molecular weight excluding hydrogens is 459 g/mol. The summed E-state index contributed by atoms with van der Waals surface area (Å²) in [6.45, 7) is 2.34. The summed E-state index contributed by atoms with van der Waals surface area (Å²) < 4.78 is 23.1. The van der Waals surface area contributed by atoms with E-state index in [2.05, 4.69) is 20.6 Å². The van der Waals surface area contributed by atoms with Gasteiger partial charge < -0.3 is 4.74 Å². The second kappa shape index (κ2) is 9.99. The van der Waals surface area contributed by atoms with E-state index in [1.54, 1.807) is 22.9 Å². The molecule has 0 atom stereocenters. The summed E-state index contributed by atoms with van der Waals surface area (Å²) in [4.78, 5) is 13.6. The maximum absolute atomic E-state index is 14.8. The van der Waals surface area contributed by atoms with Crippen LogP contribution >= 0.6 is 0 Å². The van der Waals surface area contributed by atoms with E-state index in [1.165, 1.54) is 17.7 Å². The predicted octanol–water partition coefficient (Wildman–Crippen LogP) is 4.63. The van der Waals surface area contributed by atoms with Crippen molar-refractivity contribution in [2.45, 2.75) is 26.3 Å². The molecule has 0 aliphatic carbocycles. The van der Waals surface area contributed by atoms with Gasteiger partial charge in [-0.05, 0) is 46.5 Å². The second-order valence-electron chi connectivity index (χ2n) is 8.38. The lowest BCUT2D eigenvalue weighted by atomic mass is 9.97. The van der Waals surface area contributed by atoms with Crippen molar-refractivity contribution in [3.63, 3.8) is 0 Å². The molecule has 5 rings (SSSR count). The highest BCUT2D eigenvalue weighted by Gasteiger charge is 2.19. The molecule has 9 heteroatoms. The number of aromatic amines is 1. The van der Waals surface area contributed by atoms with Gasteiger partial charge in [-0.3, -0.25) is 9.13 Å². The maximum Gasteiger partial charge on any atom is 0.333 e. The van der Waals surface area contributed by atoms with Crippen LogP contribution in [0.1, 0.15) is 24.6 Å². The molecule has 0 radical (unpaired) electrons. The number of benzene rings is 3. The van der Waals surface area contributed by atoms with Crippen molar-refractivity contribution in [1.82, 2.24) is 29.8 Å². The summed E-state index contributed by atoms with van der Waals surface area (Å²) in [5.41, 5.74) is 4.23. The van der Waals surface area contributed by atoms with Gasteiger partial charge in [0.25, 0.3) is 0 Å².